The van der Waals surface area contributed by atoms with Crippen molar-refractivity contribution in [2.24, 2.45) is 0 Å². The second-order valence-electron chi connectivity index (χ2n) is 3.81. The molecule has 1 rings (SSSR count). The van der Waals surface area contributed by atoms with Crippen molar-refractivity contribution < 1.29 is 9.47 Å². The zero-order valence-electron chi connectivity index (χ0n) is 10.8. The van der Waals surface area contributed by atoms with Crippen molar-refractivity contribution in [1.29, 1.82) is 0 Å². The van der Waals surface area contributed by atoms with Crippen LogP contribution < -0.4 is 5.32 Å². The Morgan fingerprint density at radius 3 is 2.71 bits per heavy atom. The minimum atomic E-state index is 0.649. The van der Waals surface area contributed by atoms with Gasteiger partial charge in [0.2, 0.25) is 0 Å². The van der Waals surface area contributed by atoms with E-state index < -0.39 is 0 Å². The Morgan fingerprint density at radius 2 is 2.00 bits per heavy atom. The minimum Gasteiger partial charge on any atom is -0.382 e. The van der Waals surface area contributed by atoms with Crippen molar-refractivity contribution in [2.45, 2.75) is 20.3 Å². The van der Waals surface area contributed by atoms with Crippen LogP contribution in [0.2, 0.25) is 0 Å². The van der Waals surface area contributed by atoms with Crippen LogP contribution in [0, 0.1) is 13.8 Å². The number of methoxy groups -OCH3 is 1. The number of rotatable bonds is 8. The van der Waals surface area contributed by atoms with E-state index in [0.29, 0.717) is 13.2 Å². The predicted molar refractivity (Wildman–Crippen MR) is 67.3 cm³/mol. The first-order chi connectivity index (χ1) is 8.24. The van der Waals surface area contributed by atoms with Crippen LogP contribution in [0.3, 0.4) is 0 Å². The summed E-state index contributed by atoms with van der Waals surface area (Å²) in [5, 5.41) is 3.22. The highest BCUT2D eigenvalue weighted by molar-refractivity contribution is 5.32. The number of aromatic nitrogens is 2. The summed E-state index contributed by atoms with van der Waals surface area (Å²) in [5.41, 5.74) is 1.93. The molecule has 0 saturated carbocycles. The van der Waals surface area contributed by atoms with E-state index in [-0.39, 0.29) is 0 Å². The van der Waals surface area contributed by atoms with Gasteiger partial charge in [-0.1, -0.05) is 0 Å². The normalized spacial score (nSPS) is 10.5. The maximum atomic E-state index is 5.35. The van der Waals surface area contributed by atoms with Crippen molar-refractivity contribution in [2.75, 3.05) is 38.8 Å². The summed E-state index contributed by atoms with van der Waals surface area (Å²) in [6.45, 7) is 6.78. The van der Waals surface area contributed by atoms with E-state index in [1.165, 1.54) is 0 Å². The van der Waals surface area contributed by atoms with Crippen LogP contribution in [-0.2, 0) is 9.47 Å². The van der Waals surface area contributed by atoms with Crippen LogP contribution in [0.5, 0.6) is 0 Å². The lowest BCUT2D eigenvalue weighted by Gasteiger charge is -2.07. The number of aryl methyl sites for hydroxylation is 2. The fraction of sp³-hybridized carbons (Fsp3) is 0.667. The Balaban J connectivity index is 2.11. The molecule has 0 aliphatic rings. The van der Waals surface area contributed by atoms with Crippen molar-refractivity contribution in [3.63, 3.8) is 0 Å². The smallest absolute Gasteiger partial charge is 0.144 e. The predicted octanol–water partition coefficient (Wildman–Crippen LogP) is 1.56. The zero-order valence-corrected chi connectivity index (χ0v) is 10.8. The van der Waals surface area contributed by atoms with E-state index >= 15 is 0 Å². The van der Waals surface area contributed by atoms with Crippen LogP contribution in [0.4, 0.5) is 5.82 Å². The Morgan fingerprint density at radius 1 is 1.18 bits per heavy atom. The first kappa shape index (κ1) is 13.9. The van der Waals surface area contributed by atoms with Gasteiger partial charge < -0.3 is 14.8 Å². The summed E-state index contributed by atoms with van der Waals surface area (Å²) in [4.78, 5) is 8.63. The molecule has 0 fully saturated rings. The Hall–Kier alpha value is -1.20. The Kier molecular flexibility index (Phi) is 6.50. The van der Waals surface area contributed by atoms with Gasteiger partial charge in [0.05, 0.1) is 30.8 Å². The van der Waals surface area contributed by atoms with Gasteiger partial charge >= 0.3 is 0 Å². The van der Waals surface area contributed by atoms with Gasteiger partial charge in [-0.15, -0.1) is 0 Å². The van der Waals surface area contributed by atoms with Gasteiger partial charge in [0.15, 0.2) is 0 Å². The summed E-state index contributed by atoms with van der Waals surface area (Å²) in [7, 11) is 1.67. The van der Waals surface area contributed by atoms with Crippen LogP contribution in [0.15, 0.2) is 6.20 Å². The molecule has 0 unspecified atom stereocenters. The topological polar surface area (TPSA) is 56.3 Å². The Labute approximate surface area is 103 Å². The maximum Gasteiger partial charge on any atom is 0.144 e. The number of anilines is 1. The molecule has 1 N–H and O–H groups in total. The molecule has 17 heavy (non-hydrogen) atoms. The van der Waals surface area contributed by atoms with Crippen molar-refractivity contribution in [3.8, 4) is 0 Å². The average Bonchev–Trinajstić information content (AvgIpc) is 2.32. The highest BCUT2D eigenvalue weighted by atomic mass is 16.5. The summed E-state index contributed by atoms with van der Waals surface area (Å²) in [6.07, 6.45) is 2.70. The maximum absolute atomic E-state index is 5.35. The lowest BCUT2D eigenvalue weighted by molar-refractivity contribution is 0.0705. The summed E-state index contributed by atoms with van der Waals surface area (Å²) in [6, 6.07) is 0. The molecule has 1 aromatic heterocycles. The highest BCUT2D eigenvalue weighted by Gasteiger charge is 1.98. The standard InChI is InChI=1S/C12H21N3O2/c1-10-11(2)15-12(9-14-10)13-5-4-6-17-8-7-16-3/h9H,4-8H2,1-3H3,(H,13,15). The Bertz CT molecular complexity index is 332. The molecule has 0 radical (unpaired) electrons. The largest absolute Gasteiger partial charge is 0.382 e. The molecule has 0 aliphatic heterocycles. The van der Waals surface area contributed by atoms with E-state index in [2.05, 4.69) is 15.3 Å². The van der Waals surface area contributed by atoms with Gasteiger partial charge in [0.25, 0.3) is 0 Å². The molecular weight excluding hydrogens is 218 g/mol. The summed E-state index contributed by atoms with van der Waals surface area (Å²) >= 11 is 0. The zero-order chi connectivity index (χ0) is 12.5. The third-order valence-electron chi connectivity index (χ3n) is 2.40. The second-order valence-corrected chi connectivity index (χ2v) is 3.81. The third kappa shape index (κ3) is 5.60. The first-order valence-electron chi connectivity index (χ1n) is 5.85. The van der Waals surface area contributed by atoms with Crippen LogP contribution in [0.1, 0.15) is 17.8 Å². The van der Waals surface area contributed by atoms with E-state index in [0.717, 1.165) is 36.8 Å². The van der Waals surface area contributed by atoms with Gasteiger partial charge in [-0.05, 0) is 20.3 Å². The number of hydrogen-bond acceptors (Lipinski definition) is 5. The van der Waals surface area contributed by atoms with E-state index in [1.807, 2.05) is 13.8 Å². The van der Waals surface area contributed by atoms with Crippen LogP contribution in [0.25, 0.3) is 0 Å². The van der Waals surface area contributed by atoms with E-state index in [4.69, 9.17) is 9.47 Å². The van der Waals surface area contributed by atoms with Gasteiger partial charge in [0.1, 0.15) is 5.82 Å². The highest BCUT2D eigenvalue weighted by Crippen LogP contribution is 2.05. The monoisotopic (exact) mass is 239 g/mol. The molecule has 0 aromatic carbocycles. The average molecular weight is 239 g/mol. The molecule has 0 spiro atoms. The van der Waals surface area contributed by atoms with E-state index in [9.17, 15) is 0 Å². The number of nitrogens with zero attached hydrogens (tertiary/aromatic N) is 2. The fourth-order valence-corrected chi connectivity index (χ4v) is 1.26. The van der Waals surface area contributed by atoms with Crippen LogP contribution >= 0.6 is 0 Å². The summed E-state index contributed by atoms with van der Waals surface area (Å²) < 4.78 is 10.2. The molecule has 1 aromatic rings. The van der Waals surface area contributed by atoms with E-state index in [1.54, 1.807) is 13.3 Å². The number of hydrogen-bond donors (Lipinski definition) is 1. The van der Waals surface area contributed by atoms with Gasteiger partial charge in [-0.25, -0.2) is 4.98 Å². The minimum absolute atomic E-state index is 0.649. The summed E-state index contributed by atoms with van der Waals surface area (Å²) in [5.74, 6) is 0.824. The number of nitrogens with one attached hydrogen (secondary N) is 1. The fourth-order valence-electron chi connectivity index (χ4n) is 1.26. The molecule has 96 valence electrons. The van der Waals surface area contributed by atoms with Crippen molar-refractivity contribution >= 4 is 5.82 Å². The van der Waals surface area contributed by atoms with Crippen molar-refractivity contribution in [3.05, 3.63) is 17.6 Å². The molecule has 5 heteroatoms. The quantitative estimate of drug-likeness (QED) is 0.698. The molecular formula is C12H21N3O2. The molecule has 0 atom stereocenters. The molecule has 0 aliphatic carbocycles. The molecule has 0 saturated heterocycles. The molecule has 1 heterocycles. The van der Waals surface area contributed by atoms with Gasteiger partial charge in [-0.3, -0.25) is 4.98 Å². The second kappa shape index (κ2) is 7.97. The molecule has 5 nitrogen and oxygen atoms in total. The third-order valence-corrected chi connectivity index (χ3v) is 2.40. The lowest BCUT2D eigenvalue weighted by atomic mass is 10.3. The SMILES string of the molecule is COCCOCCCNc1cnc(C)c(C)n1. The van der Waals surface area contributed by atoms with Gasteiger partial charge in [-0.2, -0.15) is 0 Å². The first-order valence-corrected chi connectivity index (χ1v) is 5.85. The lowest BCUT2D eigenvalue weighted by Crippen LogP contribution is -2.09. The van der Waals surface area contributed by atoms with Crippen LogP contribution in [-0.4, -0.2) is 43.4 Å². The number of ether oxygens (including phenoxy) is 2. The van der Waals surface area contributed by atoms with Crippen molar-refractivity contribution in [1.82, 2.24) is 9.97 Å². The molecule has 0 amide bonds. The van der Waals surface area contributed by atoms with Gasteiger partial charge in [0, 0.05) is 20.3 Å². The molecule has 0 bridgehead atoms.